The minimum absolute atomic E-state index is 0.0306. The van der Waals surface area contributed by atoms with Crippen molar-refractivity contribution in [2.24, 2.45) is 0 Å². The van der Waals surface area contributed by atoms with Gasteiger partial charge in [-0.3, -0.25) is 10.1 Å². The van der Waals surface area contributed by atoms with Crippen LogP contribution in [0.15, 0.2) is 12.1 Å². The van der Waals surface area contributed by atoms with Crippen molar-refractivity contribution in [1.82, 2.24) is 5.32 Å². The van der Waals surface area contributed by atoms with Crippen LogP contribution in [-0.2, 0) is 9.53 Å². The van der Waals surface area contributed by atoms with Crippen molar-refractivity contribution in [2.75, 3.05) is 7.11 Å². The topological polar surface area (TPSA) is 38.3 Å². The van der Waals surface area contributed by atoms with Crippen LogP contribution in [0.25, 0.3) is 0 Å². The van der Waals surface area contributed by atoms with Crippen molar-refractivity contribution in [2.45, 2.75) is 25.9 Å². The molecule has 100 valence electrons. The number of hydrogen-bond acceptors (Lipinski definition) is 3. The molecule has 18 heavy (non-hydrogen) atoms. The molecule has 0 heterocycles. The molecule has 2 atom stereocenters. The van der Waals surface area contributed by atoms with E-state index >= 15 is 0 Å². The van der Waals surface area contributed by atoms with Crippen molar-refractivity contribution in [3.8, 4) is 0 Å². The third-order valence-corrected chi connectivity index (χ3v) is 3.18. The van der Waals surface area contributed by atoms with Gasteiger partial charge in [0.1, 0.15) is 11.9 Å². The molecule has 2 unspecified atom stereocenters. The summed E-state index contributed by atoms with van der Waals surface area (Å²) in [6, 6.07) is 1.78. The van der Waals surface area contributed by atoms with Crippen LogP contribution < -0.4 is 5.32 Å². The van der Waals surface area contributed by atoms with Crippen LogP contribution in [0.3, 0.4) is 0 Å². The molecule has 0 bridgehead atoms. The number of carbonyl (C=O) groups is 1. The van der Waals surface area contributed by atoms with E-state index in [0.717, 1.165) is 0 Å². The van der Waals surface area contributed by atoms with E-state index in [1.54, 1.807) is 13.8 Å². The maximum atomic E-state index is 13.4. The summed E-state index contributed by atoms with van der Waals surface area (Å²) >= 11 is 11.6. The summed E-state index contributed by atoms with van der Waals surface area (Å²) in [4.78, 5) is 11.3. The van der Waals surface area contributed by atoms with Gasteiger partial charge in [-0.25, -0.2) is 4.39 Å². The Morgan fingerprint density at radius 1 is 1.33 bits per heavy atom. The Kier molecular flexibility index (Phi) is 5.38. The number of methoxy groups -OCH3 is 1. The van der Waals surface area contributed by atoms with Crippen molar-refractivity contribution >= 4 is 29.2 Å². The van der Waals surface area contributed by atoms with Crippen LogP contribution in [0.2, 0.25) is 10.0 Å². The predicted molar refractivity (Wildman–Crippen MR) is 69.4 cm³/mol. The largest absolute Gasteiger partial charge is 0.468 e. The summed E-state index contributed by atoms with van der Waals surface area (Å²) in [6.45, 7) is 3.43. The van der Waals surface area contributed by atoms with Crippen LogP contribution in [0, 0.1) is 5.82 Å². The molecule has 0 aliphatic carbocycles. The Morgan fingerprint density at radius 3 is 2.50 bits per heavy atom. The molecule has 0 radical (unpaired) electrons. The van der Waals surface area contributed by atoms with Crippen LogP contribution in [-0.4, -0.2) is 19.1 Å². The lowest BCUT2D eigenvalue weighted by Crippen LogP contribution is -2.36. The van der Waals surface area contributed by atoms with Crippen LogP contribution >= 0.6 is 23.2 Å². The lowest BCUT2D eigenvalue weighted by Gasteiger charge is -2.19. The molecular formula is C12H14Cl2FNO2. The first-order valence-electron chi connectivity index (χ1n) is 5.35. The van der Waals surface area contributed by atoms with Gasteiger partial charge in [0.2, 0.25) is 0 Å². The fraction of sp³-hybridized carbons (Fsp3) is 0.417. The van der Waals surface area contributed by atoms with E-state index in [4.69, 9.17) is 23.2 Å². The molecule has 1 aromatic rings. The summed E-state index contributed by atoms with van der Waals surface area (Å²) in [5, 5.41) is 3.28. The number of hydrogen-bond donors (Lipinski definition) is 1. The summed E-state index contributed by atoms with van der Waals surface area (Å²) in [6.07, 6.45) is 0. The first kappa shape index (κ1) is 15.2. The summed E-state index contributed by atoms with van der Waals surface area (Å²) < 4.78 is 18.0. The number of rotatable bonds is 4. The Hall–Kier alpha value is -0.840. The molecule has 1 rings (SSSR count). The first-order valence-corrected chi connectivity index (χ1v) is 6.10. The third kappa shape index (κ3) is 3.57. The molecule has 0 fully saturated rings. The van der Waals surface area contributed by atoms with E-state index in [2.05, 4.69) is 10.1 Å². The van der Waals surface area contributed by atoms with Gasteiger partial charge in [0.25, 0.3) is 0 Å². The van der Waals surface area contributed by atoms with E-state index in [0.29, 0.717) is 10.6 Å². The second-order valence-corrected chi connectivity index (χ2v) is 4.74. The van der Waals surface area contributed by atoms with Crippen LogP contribution in [0.4, 0.5) is 4.39 Å². The standard InChI is InChI=1S/C12H14Cl2FNO2/c1-6(16-7(2)12(17)18-3)8-4-11(15)10(14)5-9(8)13/h4-7,16H,1-3H3. The van der Waals surface area contributed by atoms with Gasteiger partial charge >= 0.3 is 5.97 Å². The Morgan fingerprint density at radius 2 is 1.94 bits per heavy atom. The number of carbonyl (C=O) groups excluding carboxylic acids is 1. The number of halogens is 3. The van der Waals surface area contributed by atoms with E-state index in [1.165, 1.54) is 19.2 Å². The number of ether oxygens (including phenoxy) is 1. The third-order valence-electron chi connectivity index (χ3n) is 2.56. The molecule has 0 amide bonds. The molecule has 0 spiro atoms. The smallest absolute Gasteiger partial charge is 0.322 e. The molecule has 6 heteroatoms. The first-order chi connectivity index (χ1) is 8.36. The minimum atomic E-state index is -0.546. The van der Waals surface area contributed by atoms with E-state index in [1.807, 2.05) is 0 Å². The maximum Gasteiger partial charge on any atom is 0.322 e. The van der Waals surface area contributed by atoms with Crippen molar-refractivity contribution < 1.29 is 13.9 Å². The zero-order chi connectivity index (χ0) is 13.9. The van der Waals surface area contributed by atoms with Crippen LogP contribution in [0.5, 0.6) is 0 Å². The zero-order valence-corrected chi connectivity index (χ0v) is 11.8. The minimum Gasteiger partial charge on any atom is -0.468 e. The predicted octanol–water partition coefficient (Wildman–Crippen LogP) is 3.34. The second-order valence-electron chi connectivity index (χ2n) is 3.92. The highest BCUT2D eigenvalue weighted by Crippen LogP contribution is 2.28. The van der Waals surface area contributed by atoms with E-state index < -0.39 is 17.8 Å². The molecule has 1 aromatic carbocycles. The Labute approximate surface area is 115 Å². The van der Waals surface area contributed by atoms with Gasteiger partial charge in [-0.1, -0.05) is 23.2 Å². The fourth-order valence-electron chi connectivity index (χ4n) is 1.58. The molecule has 3 nitrogen and oxygen atoms in total. The van der Waals surface area contributed by atoms with Crippen LogP contribution in [0.1, 0.15) is 25.5 Å². The normalized spacial score (nSPS) is 14.1. The summed E-state index contributed by atoms with van der Waals surface area (Å²) in [5.74, 6) is -0.942. The number of nitrogens with one attached hydrogen (secondary N) is 1. The van der Waals surface area contributed by atoms with Gasteiger partial charge in [0.05, 0.1) is 12.1 Å². The zero-order valence-electron chi connectivity index (χ0n) is 10.3. The van der Waals surface area contributed by atoms with E-state index in [-0.39, 0.29) is 11.1 Å². The van der Waals surface area contributed by atoms with Gasteiger partial charge in [0.15, 0.2) is 0 Å². The lowest BCUT2D eigenvalue weighted by atomic mass is 10.1. The van der Waals surface area contributed by atoms with Gasteiger partial charge in [-0.2, -0.15) is 0 Å². The molecule has 1 N–H and O–H groups in total. The molecular weight excluding hydrogens is 280 g/mol. The van der Waals surface area contributed by atoms with Gasteiger partial charge < -0.3 is 4.74 Å². The average molecular weight is 294 g/mol. The van der Waals surface area contributed by atoms with Gasteiger partial charge in [-0.05, 0) is 31.5 Å². The lowest BCUT2D eigenvalue weighted by molar-refractivity contribution is -0.142. The molecule has 0 aliphatic rings. The van der Waals surface area contributed by atoms with Crippen molar-refractivity contribution in [1.29, 1.82) is 0 Å². The van der Waals surface area contributed by atoms with Gasteiger partial charge in [-0.15, -0.1) is 0 Å². The highest BCUT2D eigenvalue weighted by molar-refractivity contribution is 6.35. The highest BCUT2D eigenvalue weighted by Gasteiger charge is 2.19. The number of esters is 1. The van der Waals surface area contributed by atoms with E-state index in [9.17, 15) is 9.18 Å². The highest BCUT2D eigenvalue weighted by atomic mass is 35.5. The SMILES string of the molecule is COC(=O)C(C)NC(C)c1cc(F)c(Cl)cc1Cl. The van der Waals surface area contributed by atoms with Gasteiger partial charge in [0, 0.05) is 11.1 Å². The summed E-state index contributed by atoms with van der Waals surface area (Å²) in [5.41, 5.74) is 0.536. The molecule has 0 aromatic heterocycles. The fourth-order valence-corrected chi connectivity index (χ4v) is 2.13. The Bertz CT molecular complexity index is 454. The van der Waals surface area contributed by atoms with Crippen molar-refractivity contribution in [3.63, 3.8) is 0 Å². The quantitative estimate of drug-likeness (QED) is 0.683. The molecule has 0 saturated heterocycles. The van der Waals surface area contributed by atoms with Crippen molar-refractivity contribution in [3.05, 3.63) is 33.6 Å². The Balaban J connectivity index is 2.87. The maximum absolute atomic E-state index is 13.4. The summed E-state index contributed by atoms with van der Waals surface area (Å²) in [7, 11) is 1.31. The second kappa shape index (κ2) is 6.36. The number of benzene rings is 1. The monoisotopic (exact) mass is 293 g/mol. The average Bonchev–Trinajstić information content (AvgIpc) is 2.32. The molecule has 0 saturated carbocycles. The molecule has 0 aliphatic heterocycles.